The molecule has 0 radical (unpaired) electrons. The minimum atomic E-state index is -0.791. The SMILES string of the molecule is CS[C@@]1(C)C(=O)N(C)[C@@](C)(SC)C(=O)N1C. The van der Waals surface area contributed by atoms with Crippen LogP contribution < -0.4 is 0 Å². The summed E-state index contributed by atoms with van der Waals surface area (Å²) in [6.45, 7) is 3.57. The molecule has 1 saturated heterocycles. The molecule has 4 nitrogen and oxygen atoms in total. The van der Waals surface area contributed by atoms with Gasteiger partial charge in [-0.05, 0) is 26.4 Å². The Labute approximate surface area is 105 Å². The van der Waals surface area contributed by atoms with E-state index in [0.717, 1.165) is 0 Å². The van der Waals surface area contributed by atoms with Crippen molar-refractivity contribution < 1.29 is 9.59 Å². The quantitative estimate of drug-likeness (QED) is 0.746. The van der Waals surface area contributed by atoms with E-state index < -0.39 is 9.74 Å². The first kappa shape index (κ1) is 13.7. The molecule has 1 heterocycles. The Morgan fingerprint density at radius 2 is 1.12 bits per heavy atom. The summed E-state index contributed by atoms with van der Waals surface area (Å²) < 4.78 is 0. The lowest BCUT2D eigenvalue weighted by Gasteiger charge is -2.51. The first-order chi connectivity index (χ1) is 7.25. The average molecular weight is 262 g/mol. The molecule has 1 aliphatic heterocycles. The number of thioether (sulfide) groups is 2. The molecule has 0 aromatic heterocycles. The van der Waals surface area contributed by atoms with Gasteiger partial charge >= 0.3 is 0 Å². The first-order valence-corrected chi connectivity index (χ1v) is 7.37. The van der Waals surface area contributed by atoms with Crippen LogP contribution in [0.15, 0.2) is 0 Å². The number of nitrogens with zero attached hydrogens (tertiary/aromatic N) is 2. The summed E-state index contributed by atoms with van der Waals surface area (Å²) in [5, 5.41) is 0. The van der Waals surface area contributed by atoms with Crippen molar-refractivity contribution in [2.75, 3.05) is 26.6 Å². The van der Waals surface area contributed by atoms with Crippen molar-refractivity contribution in [1.82, 2.24) is 9.80 Å². The molecule has 0 bridgehead atoms. The van der Waals surface area contributed by atoms with Gasteiger partial charge in [0.1, 0.15) is 0 Å². The number of rotatable bonds is 2. The molecule has 0 spiro atoms. The third kappa shape index (κ3) is 1.54. The van der Waals surface area contributed by atoms with Crippen LogP contribution in [0.2, 0.25) is 0 Å². The molecule has 1 aliphatic rings. The second-order valence-electron chi connectivity index (χ2n) is 4.10. The fourth-order valence-electron chi connectivity index (χ4n) is 1.75. The number of amides is 2. The minimum Gasteiger partial charge on any atom is -0.320 e. The van der Waals surface area contributed by atoms with Gasteiger partial charge in [0.2, 0.25) is 0 Å². The summed E-state index contributed by atoms with van der Waals surface area (Å²) in [4.78, 5) is 26.1. The van der Waals surface area contributed by atoms with Gasteiger partial charge in [-0.1, -0.05) is 0 Å². The van der Waals surface area contributed by atoms with E-state index in [4.69, 9.17) is 0 Å². The van der Waals surface area contributed by atoms with Crippen LogP contribution in [0.4, 0.5) is 0 Å². The largest absolute Gasteiger partial charge is 0.320 e. The number of carbonyl (C=O) groups is 2. The van der Waals surface area contributed by atoms with Crippen LogP contribution in [0.5, 0.6) is 0 Å². The molecule has 2 atom stereocenters. The summed E-state index contributed by atoms with van der Waals surface area (Å²) in [6.07, 6.45) is 3.69. The average Bonchev–Trinajstić information content (AvgIpc) is 2.31. The monoisotopic (exact) mass is 262 g/mol. The maximum atomic E-state index is 12.3. The Morgan fingerprint density at radius 1 is 0.875 bits per heavy atom. The summed E-state index contributed by atoms with van der Waals surface area (Å²) in [5.41, 5.74) is 0. The smallest absolute Gasteiger partial charge is 0.260 e. The second kappa shape index (κ2) is 4.14. The highest BCUT2D eigenvalue weighted by molar-refractivity contribution is 8.01. The predicted molar refractivity (Wildman–Crippen MR) is 69.4 cm³/mol. The number of piperazine rings is 1. The number of hydrogen-bond acceptors (Lipinski definition) is 4. The number of likely N-dealkylation sites (N-methyl/N-ethyl adjacent to an activating group) is 2. The Kier molecular flexibility index (Phi) is 3.55. The van der Waals surface area contributed by atoms with Gasteiger partial charge in [-0.2, -0.15) is 0 Å². The Hall–Kier alpha value is -0.360. The van der Waals surface area contributed by atoms with E-state index in [2.05, 4.69) is 0 Å². The van der Waals surface area contributed by atoms with Gasteiger partial charge in [-0.15, -0.1) is 23.5 Å². The molecular weight excluding hydrogens is 244 g/mol. The van der Waals surface area contributed by atoms with Crippen molar-refractivity contribution in [2.45, 2.75) is 23.6 Å². The summed E-state index contributed by atoms with van der Waals surface area (Å²) in [5.74, 6) is -0.0575. The summed E-state index contributed by atoms with van der Waals surface area (Å²) in [6, 6.07) is 0. The van der Waals surface area contributed by atoms with Gasteiger partial charge in [-0.3, -0.25) is 9.59 Å². The van der Waals surface area contributed by atoms with E-state index in [1.165, 1.54) is 23.5 Å². The van der Waals surface area contributed by atoms with E-state index in [1.54, 1.807) is 37.7 Å². The topological polar surface area (TPSA) is 40.6 Å². The normalized spacial score (nSPS) is 35.9. The highest BCUT2D eigenvalue weighted by Gasteiger charge is 2.56. The third-order valence-electron chi connectivity index (χ3n) is 3.48. The molecule has 0 unspecified atom stereocenters. The zero-order chi connectivity index (χ0) is 12.7. The van der Waals surface area contributed by atoms with Crippen LogP contribution in [0, 0.1) is 0 Å². The van der Waals surface area contributed by atoms with Gasteiger partial charge in [0, 0.05) is 14.1 Å². The fourth-order valence-corrected chi connectivity index (χ4v) is 3.08. The van der Waals surface area contributed by atoms with Gasteiger partial charge in [0.15, 0.2) is 9.74 Å². The Bertz CT molecular complexity index is 305. The van der Waals surface area contributed by atoms with Crippen LogP contribution in [-0.4, -0.2) is 58.0 Å². The number of hydrogen-bond donors (Lipinski definition) is 0. The lowest BCUT2D eigenvalue weighted by molar-refractivity contribution is -0.161. The zero-order valence-corrected chi connectivity index (χ0v) is 12.2. The molecule has 0 aromatic rings. The van der Waals surface area contributed by atoms with Crippen LogP contribution in [0.1, 0.15) is 13.8 Å². The molecule has 16 heavy (non-hydrogen) atoms. The maximum Gasteiger partial charge on any atom is 0.260 e. The highest BCUT2D eigenvalue weighted by atomic mass is 32.2. The molecule has 0 aliphatic carbocycles. The van der Waals surface area contributed by atoms with Crippen LogP contribution >= 0.6 is 23.5 Å². The second-order valence-corrected chi connectivity index (χ2v) is 6.51. The Balaban J connectivity index is 3.25. The molecule has 0 N–H and O–H groups in total. The van der Waals surface area contributed by atoms with Crippen LogP contribution in [0.3, 0.4) is 0 Å². The molecule has 2 amide bonds. The van der Waals surface area contributed by atoms with E-state index in [9.17, 15) is 9.59 Å². The van der Waals surface area contributed by atoms with Crippen molar-refractivity contribution in [3.8, 4) is 0 Å². The van der Waals surface area contributed by atoms with Crippen molar-refractivity contribution in [3.63, 3.8) is 0 Å². The first-order valence-electron chi connectivity index (χ1n) is 4.92. The van der Waals surface area contributed by atoms with Gasteiger partial charge in [0.05, 0.1) is 0 Å². The molecule has 1 fully saturated rings. The standard InChI is InChI=1S/C10H18N2O2S2/c1-9(15-5)7(13)12(4)10(2,16-6)8(14)11(9)3/h1-6H3/t9-,10-/m0/s1. The van der Waals surface area contributed by atoms with E-state index in [1.807, 2.05) is 12.5 Å². The van der Waals surface area contributed by atoms with Crippen molar-refractivity contribution in [1.29, 1.82) is 0 Å². The lowest BCUT2D eigenvalue weighted by atomic mass is 10.1. The molecule has 6 heteroatoms. The lowest BCUT2D eigenvalue weighted by Crippen LogP contribution is -2.70. The molecule has 92 valence electrons. The molecule has 0 saturated carbocycles. The molecule has 0 aromatic carbocycles. The minimum absolute atomic E-state index is 0.0287. The van der Waals surface area contributed by atoms with E-state index >= 15 is 0 Å². The maximum absolute atomic E-state index is 12.3. The van der Waals surface area contributed by atoms with E-state index in [-0.39, 0.29) is 11.8 Å². The van der Waals surface area contributed by atoms with Gasteiger partial charge in [0.25, 0.3) is 11.8 Å². The van der Waals surface area contributed by atoms with Crippen molar-refractivity contribution >= 4 is 35.3 Å². The fraction of sp³-hybridized carbons (Fsp3) is 0.800. The van der Waals surface area contributed by atoms with Gasteiger partial charge in [-0.25, -0.2) is 0 Å². The molecule has 1 rings (SSSR count). The highest BCUT2D eigenvalue weighted by Crippen LogP contribution is 2.41. The van der Waals surface area contributed by atoms with Crippen LogP contribution in [-0.2, 0) is 9.59 Å². The van der Waals surface area contributed by atoms with Crippen LogP contribution in [0.25, 0.3) is 0 Å². The van der Waals surface area contributed by atoms with Gasteiger partial charge < -0.3 is 9.80 Å². The number of carbonyl (C=O) groups excluding carboxylic acids is 2. The van der Waals surface area contributed by atoms with Crippen molar-refractivity contribution in [2.24, 2.45) is 0 Å². The molecular formula is C10H18N2O2S2. The predicted octanol–water partition coefficient (Wildman–Crippen LogP) is 1.08. The van der Waals surface area contributed by atoms with Crippen molar-refractivity contribution in [3.05, 3.63) is 0 Å². The summed E-state index contributed by atoms with van der Waals surface area (Å²) >= 11 is 2.78. The Morgan fingerprint density at radius 3 is 1.31 bits per heavy atom. The summed E-state index contributed by atoms with van der Waals surface area (Å²) in [7, 11) is 3.39. The third-order valence-corrected chi connectivity index (χ3v) is 5.96. The zero-order valence-electron chi connectivity index (χ0n) is 10.5. The van der Waals surface area contributed by atoms with E-state index in [0.29, 0.717) is 0 Å².